The predicted octanol–water partition coefficient (Wildman–Crippen LogP) is 4.15. The Kier molecular flexibility index (Phi) is 6.76. The Balaban J connectivity index is 1.05. The average Bonchev–Trinajstić information content (AvgIpc) is 3.56. The van der Waals surface area contributed by atoms with Crippen LogP contribution in [-0.4, -0.2) is 65.2 Å². The van der Waals surface area contributed by atoms with Gasteiger partial charge in [-0.15, -0.1) is 11.8 Å². The molecule has 1 atom stereocenters. The van der Waals surface area contributed by atoms with Gasteiger partial charge in [-0.2, -0.15) is 0 Å². The zero-order chi connectivity index (χ0) is 25.2. The Labute approximate surface area is 220 Å². The van der Waals surface area contributed by atoms with Crippen LogP contribution in [-0.2, 0) is 17.9 Å². The summed E-state index contributed by atoms with van der Waals surface area (Å²) in [6.45, 7) is 4.75. The van der Waals surface area contributed by atoms with E-state index in [2.05, 4.69) is 11.0 Å². The van der Waals surface area contributed by atoms with Gasteiger partial charge in [0.25, 0.3) is 5.91 Å². The molecule has 0 radical (unpaired) electrons. The van der Waals surface area contributed by atoms with Crippen molar-refractivity contribution in [3.05, 3.63) is 95.1 Å². The minimum Gasteiger partial charge on any atom is -0.454 e. The third-order valence-electron chi connectivity index (χ3n) is 7.11. The molecule has 0 aromatic heterocycles. The number of rotatable bonds is 6. The quantitative estimate of drug-likeness (QED) is 0.492. The summed E-state index contributed by atoms with van der Waals surface area (Å²) >= 11 is 1.64. The summed E-state index contributed by atoms with van der Waals surface area (Å²) in [5, 5.41) is -0.0309. The van der Waals surface area contributed by atoms with Gasteiger partial charge in [-0.1, -0.05) is 48.5 Å². The molecule has 0 saturated carbocycles. The number of amides is 2. The molecule has 0 N–H and O–H groups in total. The zero-order valence-corrected chi connectivity index (χ0v) is 21.4. The highest BCUT2D eigenvalue weighted by molar-refractivity contribution is 8.00. The lowest BCUT2D eigenvalue weighted by Gasteiger charge is -2.35. The largest absolute Gasteiger partial charge is 0.454 e. The average molecular weight is 516 g/mol. The molecule has 6 rings (SSSR count). The van der Waals surface area contributed by atoms with Gasteiger partial charge in [-0.05, 0) is 41.0 Å². The minimum atomic E-state index is -0.0309. The first-order valence-electron chi connectivity index (χ1n) is 12.6. The standard InChI is InChI=1S/C29H29N3O4S/c33-27-19-37-29(32(27)18-21-4-2-1-3-5-21)24-9-7-23(8-10-24)28(34)31-14-12-30(13-15-31)17-22-6-11-25-26(16-22)36-20-35-25/h1-11,16,29H,12-15,17-20H2/t29-/m1/s1. The fraction of sp³-hybridized carbons (Fsp3) is 0.310. The third kappa shape index (κ3) is 5.17. The van der Waals surface area contributed by atoms with Gasteiger partial charge in [0.1, 0.15) is 5.37 Å². The van der Waals surface area contributed by atoms with Gasteiger partial charge >= 0.3 is 0 Å². The number of carbonyl (C=O) groups excluding carboxylic acids is 2. The van der Waals surface area contributed by atoms with E-state index in [4.69, 9.17) is 9.47 Å². The summed E-state index contributed by atoms with van der Waals surface area (Å²) in [5.74, 6) is 2.29. The maximum absolute atomic E-state index is 13.2. The van der Waals surface area contributed by atoms with Gasteiger partial charge in [-0.3, -0.25) is 14.5 Å². The number of piperazine rings is 1. The molecule has 8 heteroatoms. The van der Waals surface area contributed by atoms with E-state index in [-0.39, 0.29) is 24.0 Å². The van der Waals surface area contributed by atoms with Crippen molar-refractivity contribution in [1.82, 2.24) is 14.7 Å². The molecule has 3 aromatic rings. The SMILES string of the molecule is O=C(c1ccc([C@H]2SCC(=O)N2Cc2ccccc2)cc1)N1CCN(Cc2ccc3c(c2)OCO3)CC1. The van der Waals surface area contributed by atoms with Crippen molar-refractivity contribution in [2.75, 3.05) is 38.7 Å². The second-order valence-corrected chi connectivity index (χ2v) is 10.6. The molecule has 190 valence electrons. The van der Waals surface area contributed by atoms with E-state index in [0.717, 1.165) is 42.3 Å². The fourth-order valence-corrected chi connectivity index (χ4v) is 6.25. The molecule has 2 fully saturated rings. The number of thioether (sulfide) groups is 1. The smallest absolute Gasteiger partial charge is 0.253 e. The molecule has 2 saturated heterocycles. The molecule has 0 spiro atoms. The van der Waals surface area contributed by atoms with Crippen LogP contribution in [0, 0.1) is 0 Å². The van der Waals surface area contributed by atoms with Crippen LogP contribution in [0.4, 0.5) is 0 Å². The second kappa shape index (κ2) is 10.5. The van der Waals surface area contributed by atoms with Crippen molar-refractivity contribution in [3.63, 3.8) is 0 Å². The summed E-state index contributed by atoms with van der Waals surface area (Å²) in [7, 11) is 0. The predicted molar refractivity (Wildman–Crippen MR) is 142 cm³/mol. The first-order valence-corrected chi connectivity index (χ1v) is 13.6. The monoisotopic (exact) mass is 515 g/mol. The molecule has 0 unspecified atom stereocenters. The number of nitrogens with zero attached hydrogens (tertiary/aromatic N) is 3. The van der Waals surface area contributed by atoms with Gasteiger partial charge < -0.3 is 19.3 Å². The van der Waals surface area contributed by atoms with E-state index in [1.165, 1.54) is 5.56 Å². The van der Waals surface area contributed by atoms with Crippen molar-refractivity contribution in [3.8, 4) is 11.5 Å². The number of carbonyl (C=O) groups is 2. The van der Waals surface area contributed by atoms with Crippen molar-refractivity contribution in [2.45, 2.75) is 18.5 Å². The molecule has 0 bridgehead atoms. The van der Waals surface area contributed by atoms with Gasteiger partial charge in [0.2, 0.25) is 12.7 Å². The van der Waals surface area contributed by atoms with E-state index in [1.54, 1.807) is 11.8 Å². The van der Waals surface area contributed by atoms with E-state index >= 15 is 0 Å². The van der Waals surface area contributed by atoms with Gasteiger partial charge in [0, 0.05) is 44.8 Å². The van der Waals surface area contributed by atoms with Crippen LogP contribution in [0.3, 0.4) is 0 Å². The fourth-order valence-electron chi connectivity index (χ4n) is 5.06. The van der Waals surface area contributed by atoms with Gasteiger partial charge in [-0.25, -0.2) is 0 Å². The second-order valence-electron chi connectivity index (χ2n) is 9.55. The van der Waals surface area contributed by atoms with E-state index < -0.39 is 0 Å². The molecule has 7 nitrogen and oxygen atoms in total. The maximum Gasteiger partial charge on any atom is 0.253 e. The Morgan fingerprint density at radius 1 is 0.838 bits per heavy atom. The first-order chi connectivity index (χ1) is 18.1. The molecule has 3 aromatic carbocycles. The summed E-state index contributed by atoms with van der Waals surface area (Å²) in [4.78, 5) is 32.0. The summed E-state index contributed by atoms with van der Waals surface area (Å²) in [6, 6.07) is 23.9. The van der Waals surface area contributed by atoms with Crippen molar-refractivity contribution >= 4 is 23.6 Å². The Morgan fingerprint density at radius 2 is 1.59 bits per heavy atom. The molecule has 37 heavy (non-hydrogen) atoms. The molecular weight excluding hydrogens is 486 g/mol. The molecule has 0 aliphatic carbocycles. The highest BCUT2D eigenvalue weighted by Gasteiger charge is 2.33. The normalized spacial score (nSPS) is 19.5. The van der Waals surface area contributed by atoms with E-state index in [0.29, 0.717) is 31.0 Å². The Bertz CT molecular complexity index is 1280. The lowest BCUT2D eigenvalue weighted by atomic mass is 10.1. The maximum atomic E-state index is 13.2. The molecule has 3 aliphatic heterocycles. The lowest BCUT2D eigenvalue weighted by molar-refractivity contribution is -0.128. The van der Waals surface area contributed by atoms with Crippen LogP contribution in [0.25, 0.3) is 0 Å². The summed E-state index contributed by atoms with van der Waals surface area (Å²) < 4.78 is 10.9. The van der Waals surface area contributed by atoms with Crippen LogP contribution >= 0.6 is 11.8 Å². The number of hydrogen-bond donors (Lipinski definition) is 0. The van der Waals surface area contributed by atoms with Crippen LogP contribution < -0.4 is 9.47 Å². The number of hydrogen-bond acceptors (Lipinski definition) is 6. The number of ether oxygens (including phenoxy) is 2. The highest BCUT2D eigenvalue weighted by atomic mass is 32.2. The van der Waals surface area contributed by atoms with Crippen LogP contribution in [0.2, 0.25) is 0 Å². The Morgan fingerprint density at radius 3 is 2.38 bits per heavy atom. The summed E-state index contributed by atoms with van der Waals surface area (Å²) in [5.41, 5.74) is 4.05. The molecular formula is C29H29N3O4S. The van der Waals surface area contributed by atoms with E-state index in [9.17, 15) is 9.59 Å². The number of fused-ring (bicyclic) bond motifs is 1. The molecule has 3 heterocycles. The van der Waals surface area contributed by atoms with E-state index in [1.807, 2.05) is 76.5 Å². The zero-order valence-electron chi connectivity index (χ0n) is 20.5. The molecule has 2 amide bonds. The van der Waals surface area contributed by atoms with Gasteiger partial charge in [0.05, 0.1) is 5.75 Å². The van der Waals surface area contributed by atoms with Crippen molar-refractivity contribution < 1.29 is 19.1 Å². The number of benzene rings is 3. The minimum absolute atomic E-state index is 0.0309. The van der Waals surface area contributed by atoms with Crippen LogP contribution in [0.1, 0.15) is 32.4 Å². The Hall–Kier alpha value is -3.49. The van der Waals surface area contributed by atoms with Crippen LogP contribution in [0.15, 0.2) is 72.8 Å². The molecule has 3 aliphatic rings. The van der Waals surface area contributed by atoms with Crippen LogP contribution in [0.5, 0.6) is 11.5 Å². The summed E-state index contributed by atoms with van der Waals surface area (Å²) in [6.07, 6.45) is 0. The lowest BCUT2D eigenvalue weighted by Crippen LogP contribution is -2.48. The van der Waals surface area contributed by atoms with Gasteiger partial charge in [0.15, 0.2) is 11.5 Å². The van der Waals surface area contributed by atoms with Crippen molar-refractivity contribution in [1.29, 1.82) is 0 Å². The third-order valence-corrected chi connectivity index (χ3v) is 8.37. The topological polar surface area (TPSA) is 62.3 Å². The van der Waals surface area contributed by atoms with Crippen molar-refractivity contribution in [2.24, 2.45) is 0 Å². The first kappa shape index (κ1) is 23.9. The highest BCUT2D eigenvalue weighted by Crippen LogP contribution is 2.39.